The third-order valence-electron chi connectivity index (χ3n) is 2.23. The van der Waals surface area contributed by atoms with Crippen molar-refractivity contribution >= 4 is 0 Å². The third kappa shape index (κ3) is 2.32. The predicted octanol–water partition coefficient (Wildman–Crippen LogP) is -0.711. The van der Waals surface area contributed by atoms with Crippen LogP contribution in [0.15, 0.2) is 21.7 Å². The Bertz CT molecular complexity index is 417. The van der Waals surface area contributed by atoms with E-state index in [2.05, 4.69) is 10.4 Å². The standard InChI is InChI=1S/C9H13N3O2/c13-8-3-4-9(14)12(11-8)6-5-10-7-1-2-7/h3-4,7,10H,1-2,5-6H2,(H,11,13). The van der Waals surface area contributed by atoms with Gasteiger partial charge in [-0.1, -0.05) is 0 Å². The van der Waals surface area contributed by atoms with Crippen LogP contribution in [0.25, 0.3) is 0 Å². The molecule has 1 fully saturated rings. The number of nitrogens with zero attached hydrogens (tertiary/aromatic N) is 1. The summed E-state index contributed by atoms with van der Waals surface area (Å²) >= 11 is 0. The molecule has 1 aromatic rings. The fourth-order valence-corrected chi connectivity index (χ4v) is 1.30. The maximum Gasteiger partial charge on any atom is 0.265 e. The van der Waals surface area contributed by atoms with Gasteiger partial charge in [0, 0.05) is 24.7 Å². The molecule has 0 aromatic carbocycles. The fraction of sp³-hybridized carbons (Fsp3) is 0.556. The Kier molecular flexibility index (Phi) is 2.49. The summed E-state index contributed by atoms with van der Waals surface area (Å²) in [5, 5.41) is 5.75. The van der Waals surface area contributed by atoms with E-state index in [-0.39, 0.29) is 11.1 Å². The zero-order valence-corrected chi connectivity index (χ0v) is 7.82. The van der Waals surface area contributed by atoms with E-state index in [0.717, 1.165) is 6.54 Å². The Balaban J connectivity index is 1.96. The van der Waals surface area contributed by atoms with E-state index < -0.39 is 0 Å². The number of nitrogens with one attached hydrogen (secondary N) is 2. The summed E-state index contributed by atoms with van der Waals surface area (Å²) in [6.45, 7) is 1.25. The van der Waals surface area contributed by atoms with Gasteiger partial charge in [-0.05, 0) is 12.8 Å². The summed E-state index contributed by atoms with van der Waals surface area (Å²) in [7, 11) is 0. The molecule has 5 nitrogen and oxygen atoms in total. The highest BCUT2D eigenvalue weighted by molar-refractivity contribution is 4.86. The zero-order valence-electron chi connectivity index (χ0n) is 7.82. The molecule has 2 rings (SSSR count). The van der Waals surface area contributed by atoms with Crippen LogP contribution in [0.5, 0.6) is 0 Å². The number of hydrogen-bond donors (Lipinski definition) is 2. The molecule has 0 aliphatic heterocycles. The molecule has 1 saturated carbocycles. The summed E-state index contributed by atoms with van der Waals surface area (Å²) in [5.41, 5.74) is -0.404. The second-order valence-electron chi connectivity index (χ2n) is 3.53. The Morgan fingerprint density at radius 2 is 2.21 bits per heavy atom. The van der Waals surface area contributed by atoms with Gasteiger partial charge in [-0.3, -0.25) is 14.7 Å². The molecule has 1 aliphatic carbocycles. The van der Waals surface area contributed by atoms with Crippen LogP contribution in [0.1, 0.15) is 12.8 Å². The van der Waals surface area contributed by atoms with E-state index in [9.17, 15) is 9.59 Å². The lowest BCUT2D eigenvalue weighted by atomic mass is 10.5. The van der Waals surface area contributed by atoms with Crippen molar-refractivity contribution in [2.45, 2.75) is 25.4 Å². The normalized spacial score (nSPS) is 15.7. The van der Waals surface area contributed by atoms with Crippen LogP contribution in [0, 0.1) is 0 Å². The van der Waals surface area contributed by atoms with E-state index in [4.69, 9.17) is 0 Å². The van der Waals surface area contributed by atoms with E-state index in [1.165, 1.54) is 29.7 Å². The van der Waals surface area contributed by atoms with Crippen LogP contribution in [-0.4, -0.2) is 22.4 Å². The lowest BCUT2D eigenvalue weighted by molar-refractivity contribution is 0.525. The van der Waals surface area contributed by atoms with Gasteiger partial charge in [-0.2, -0.15) is 0 Å². The zero-order chi connectivity index (χ0) is 9.97. The topological polar surface area (TPSA) is 66.9 Å². The molecule has 0 radical (unpaired) electrons. The lowest BCUT2D eigenvalue weighted by Gasteiger charge is -2.04. The average molecular weight is 195 g/mol. The van der Waals surface area contributed by atoms with Crippen LogP contribution < -0.4 is 16.4 Å². The van der Waals surface area contributed by atoms with Gasteiger partial charge in [0.15, 0.2) is 0 Å². The number of aromatic amines is 1. The fourth-order valence-electron chi connectivity index (χ4n) is 1.30. The van der Waals surface area contributed by atoms with Crippen LogP contribution >= 0.6 is 0 Å². The Morgan fingerprint density at radius 1 is 1.43 bits per heavy atom. The second-order valence-corrected chi connectivity index (χ2v) is 3.53. The summed E-state index contributed by atoms with van der Waals surface area (Å²) in [6.07, 6.45) is 2.44. The van der Waals surface area contributed by atoms with Crippen molar-refractivity contribution < 1.29 is 0 Å². The molecule has 2 N–H and O–H groups in total. The highest BCUT2D eigenvalue weighted by atomic mass is 16.1. The maximum atomic E-state index is 11.2. The van der Waals surface area contributed by atoms with Gasteiger partial charge in [-0.25, -0.2) is 4.68 Å². The van der Waals surface area contributed by atoms with E-state index in [0.29, 0.717) is 12.6 Å². The minimum atomic E-state index is -0.240. The van der Waals surface area contributed by atoms with Crippen molar-refractivity contribution in [3.63, 3.8) is 0 Å². The predicted molar refractivity (Wildman–Crippen MR) is 52.3 cm³/mol. The molecule has 0 saturated heterocycles. The first-order chi connectivity index (χ1) is 6.75. The average Bonchev–Trinajstić information content (AvgIpc) is 2.95. The van der Waals surface area contributed by atoms with Crippen molar-refractivity contribution in [3.05, 3.63) is 32.8 Å². The van der Waals surface area contributed by atoms with Crippen molar-refractivity contribution in [1.29, 1.82) is 0 Å². The van der Waals surface area contributed by atoms with Crippen LogP contribution in [-0.2, 0) is 6.54 Å². The molecule has 0 bridgehead atoms. The lowest BCUT2D eigenvalue weighted by Crippen LogP contribution is -2.32. The first-order valence-corrected chi connectivity index (χ1v) is 4.79. The minimum Gasteiger partial charge on any atom is -0.312 e. The Hall–Kier alpha value is -1.36. The van der Waals surface area contributed by atoms with Crippen LogP contribution in [0.2, 0.25) is 0 Å². The van der Waals surface area contributed by atoms with Crippen molar-refractivity contribution in [3.8, 4) is 0 Å². The highest BCUT2D eigenvalue weighted by Gasteiger charge is 2.19. The van der Waals surface area contributed by atoms with Gasteiger partial charge in [0.25, 0.3) is 11.1 Å². The minimum absolute atomic E-state index is 0.165. The van der Waals surface area contributed by atoms with Crippen molar-refractivity contribution in [2.24, 2.45) is 0 Å². The monoisotopic (exact) mass is 195 g/mol. The molecule has 1 aromatic heterocycles. The summed E-state index contributed by atoms with van der Waals surface area (Å²) in [5.74, 6) is 0. The van der Waals surface area contributed by atoms with Gasteiger partial charge < -0.3 is 5.32 Å². The molecular formula is C9H13N3O2. The number of rotatable bonds is 4. The third-order valence-corrected chi connectivity index (χ3v) is 2.23. The number of hydrogen-bond acceptors (Lipinski definition) is 3. The Morgan fingerprint density at radius 3 is 2.93 bits per heavy atom. The molecule has 1 aliphatic rings. The van der Waals surface area contributed by atoms with Gasteiger partial charge in [-0.15, -0.1) is 0 Å². The quantitative estimate of drug-likeness (QED) is 0.667. The summed E-state index contributed by atoms with van der Waals surface area (Å²) in [4.78, 5) is 22.1. The SMILES string of the molecule is O=c1ccc(=O)n(CCNC2CC2)[nH]1. The van der Waals surface area contributed by atoms with Gasteiger partial charge in [0.2, 0.25) is 0 Å². The van der Waals surface area contributed by atoms with Crippen molar-refractivity contribution in [1.82, 2.24) is 15.1 Å². The Labute approximate surface area is 80.7 Å². The van der Waals surface area contributed by atoms with E-state index in [1.807, 2.05) is 0 Å². The number of aromatic nitrogens is 2. The highest BCUT2D eigenvalue weighted by Crippen LogP contribution is 2.17. The van der Waals surface area contributed by atoms with Gasteiger partial charge >= 0.3 is 0 Å². The summed E-state index contributed by atoms with van der Waals surface area (Å²) < 4.78 is 1.33. The molecule has 0 amide bonds. The molecule has 14 heavy (non-hydrogen) atoms. The van der Waals surface area contributed by atoms with Crippen LogP contribution in [0.4, 0.5) is 0 Å². The number of H-pyrrole nitrogens is 1. The molecule has 76 valence electrons. The molecule has 0 unspecified atom stereocenters. The molecule has 0 spiro atoms. The van der Waals surface area contributed by atoms with Crippen molar-refractivity contribution in [2.75, 3.05) is 6.54 Å². The largest absolute Gasteiger partial charge is 0.312 e. The second kappa shape index (κ2) is 3.79. The van der Waals surface area contributed by atoms with Gasteiger partial charge in [0.05, 0.1) is 6.54 Å². The molecular weight excluding hydrogens is 182 g/mol. The first-order valence-electron chi connectivity index (χ1n) is 4.79. The van der Waals surface area contributed by atoms with Crippen LogP contribution in [0.3, 0.4) is 0 Å². The summed E-state index contributed by atoms with van der Waals surface area (Å²) in [6, 6.07) is 3.16. The molecule has 1 heterocycles. The molecule has 5 heteroatoms. The van der Waals surface area contributed by atoms with E-state index >= 15 is 0 Å². The smallest absolute Gasteiger partial charge is 0.265 e. The maximum absolute atomic E-state index is 11.2. The van der Waals surface area contributed by atoms with E-state index in [1.54, 1.807) is 0 Å². The first kappa shape index (κ1) is 9.21. The molecule has 0 atom stereocenters. The van der Waals surface area contributed by atoms with Gasteiger partial charge in [0.1, 0.15) is 0 Å².